The van der Waals surface area contributed by atoms with Crippen LogP contribution in [0.2, 0.25) is 5.02 Å². The highest BCUT2D eigenvalue weighted by molar-refractivity contribution is 7.89. The van der Waals surface area contributed by atoms with E-state index in [1.807, 2.05) is 4.90 Å². The van der Waals surface area contributed by atoms with Gasteiger partial charge in [0.15, 0.2) is 0 Å². The monoisotopic (exact) mass is 410 g/mol. The third-order valence-electron chi connectivity index (χ3n) is 6.38. The van der Waals surface area contributed by atoms with Crippen molar-refractivity contribution >= 4 is 27.5 Å². The average Bonchev–Trinajstić information content (AvgIpc) is 3.43. The van der Waals surface area contributed by atoms with Crippen LogP contribution in [0.4, 0.5) is 0 Å². The molecule has 5 nitrogen and oxygen atoms in total. The molecule has 0 spiro atoms. The molecule has 2 aliphatic heterocycles. The molecule has 2 saturated heterocycles. The third-order valence-corrected chi connectivity index (χ3v) is 8.60. The molecule has 3 aliphatic rings. The van der Waals surface area contributed by atoms with Crippen molar-refractivity contribution < 1.29 is 13.2 Å². The molecule has 1 unspecified atom stereocenters. The number of carbonyl (C=O) groups excluding carboxylic acids is 1. The molecule has 1 aliphatic carbocycles. The normalized spacial score (nSPS) is 24.8. The van der Waals surface area contributed by atoms with Gasteiger partial charge >= 0.3 is 0 Å². The van der Waals surface area contributed by atoms with Crippen molar-refractivity contribution in [1.82, 2.24) is 9.21 Å². The maximum Gasteiger partial charge on any atom is 0.255 e. The van der Waals surface area contributed by atoms with E-state index in [0.717, 1.165) is 32.2 Å². The molecule has 4 rings (SSSR count). The number of halogens is 1. The van der Waals surface area contributed by atoms with Crippen molar-refractivity contribution in [1.29, 1.82) is 0 Å². The standard InChI is InChI=1S/C20H27ClN2O3S/c21-18-10-9-16(27(25,26)22-11-3-4-12-22)14-17(18)20(24)23-13-5-8-19(23)15-6-1-2-7-15/h9-10,14-15,19H,1-8,11-13H2. The van der Waals surface area contributed by atoms with Crippen molar-refractivity contribution in [3.8, 4) is 0 Å². The number of sulfonamides is 1. The zero-order chi connectivity index (χ0) is 19.0. The first-order valence-electron chi connectivity index (χ1n) is 10.1. The minimum Gasteiger partial charge on any atom is -0.335 e. The Morgan fingerprint density at radius 1 is 0.963 bits per heavy atom. The van der Waals surface area contributed by atoms with Gasteiger partial charge in [-0.1, -0.05) is 24.4 Å². The van der Waals surface area contributed by atoms with Crippen molar-refractivity contribution in [3.05, 3.63) is 28.8 Å². The Kier molecular flexibility index (Phi) is 5.50. The van der Waals surface area contributed by atoms with Gasteiger partial charge in [0.1, 0.15) is 0 Å². The Morgan fingerprint density at radius 3 is 2.37 bits per heavy atom. The van der Waals surface area contributed by atoms with Crippen LogP contribution in [0.1, 0.15) is 61.7 Å². The number of hydrogen-bond donors (Lipinski definition) is 0. The Morgan fingerprint density at radius 2 is 1.67 bits per heavy atom. The van der Waals surface area contributed by atoms with Gasteiger partial charge in [-0.15, -0.1) is 0 Å². The summed E-state index contributed by atoms with van der Waals surface area (Å²) < 4.78 is 27.2. The Bertz CT molecular complexity index is 815. The highest BCUT2D eigenvalue weighted by atomic mass is 35.5. The number of likely N-dealkylation sites (tertiary alicyclic amines) is 1. The van der Waals surface area contributed by atoms with Crippen molar-refractivity contribution in [2.45, 2.75) is 62.3 Å². The predicted molar refractivity (Wildman–Crippen MR) is 105 cm³/mol. The molecule has 3 fully saturated rings. The molecule has 1 saturated carbocycles. The van der Waals surface area contributed by atoms with Crippen LogP contribution in [0.15, 0.2) is 23.1 Å². The lowest BCUT2D eigenvalue weighted by Gasteiger charge is -2.30. The van der Waals surface area contributed by atoms with E-state index in [-0.39, 0.29) is 16.8 Å². The van der Waals surface area contributed by atoms with Gasteiger partial charge in [0.2, 0.25) is 10.0 Å². The van der Waals surface area contributed by atoms with Gasteiger partial charge in [-0.25, -0.2) is 8.42 Å². The van der Waals surface area contributed by atoms with Gasteiger partial charge in [0.25, 0.3) is 5.91 Å². The Labute approximate surface area is 166 Å². The second-order valence-electron chi connectivity index (χ2n) is 8.01. The summed E-state index contributed by atoms with van der Waals surface area (Å²) in [7, 11) is -3.56. The molecule has 0 bridgehead atoms. The van der Waals surface area contributed by atoms with Crippen molar-refractivity contribution in [2.75, 3.05) is 19.6 Å². The fourth-order valence-corrected chi connectivity index (χ4v) is 6.68. The summed E-state index contributed by atoms with van der Waals surface area (Å²) in [6, 6.07) is 4.83. The van der Waals surface area contributed by atoms with Crippen LogP contribution < -0.4 is 0 Å². The maximum absolute atomic E-state index is 13.3. The molecule has 0 N–H and O–H groups in total. The number of carbonyl (C=O) groups is 1. The minimum atomic E-state index is -3.56. The van der Waals surface area contributed by atoms with Gasteiger partial charge < -0.3 is 4.90 Å². The van der Waals surface area contributed by atoms with Gasteiger partial charge in [-0.2, -0.15) is 4.31 Å². The third kappa shape index (κ3) is 3.64. The van der Waals surface area contributed by atoms with Crippen LogP contribution >= 0.6 is 11.6 Å². The van der Waals surface area contributed by atoms with Crippen LogP contribution in [0.5, 0.6) is 0 Å². The lowest BCUT2D eigenvalue weighted by Crippen LogP contribution is -2.39. The number of hydrogen-bond acceptors (Lipinski definition) is 3. The Hall–Kier alpha value is -1.11. The summed E-state index contributed by atoms with van der Waals surface area (Å²) >= 11 is 6.33. The summed E-state index contributed by atoms with van der Waals surface area (Å²) in [6.07, 6.45) is 8.68. The number of benzene rings is 1. The lowest BCUT2D eigenvalue weighted by molar-refractivity contribution is 0.0689. The van der Waals surface area contributed by atoms with Crippen LogP contribution in [0.25, 0.3) is 0 Å². The van der Waals surface area contributed by atoms with Gasteiger partial charge in [-0.05, 0) is 62.6 Å². The zero-order valence-electron chi connectivity index (χ0n) is 15.6. The second kappa shape index (κ2) is 7.72. The molecule has 27 heavy (non-hydrogen) atoms. The van der Waals surface area contributed by atoms with E-state index in [2.05, 4.69) is 0 Å². The van der Waals surface area contributed by atoms with Gasteiger partial charge in [0, 0.05) is 25.7 Å². The molecule has 1 atom stereocenters. The largest absolute Gasteiger partial charge is 0.335 e. The number of rotatable bonds is 4. The first-order chi connectivity index (χ1) is 13.0. The lowest BCUT2D eigenvalue weighted by atomic mass is 9.95. The molecule has 1 amide bonds. The van der Waals surface area contributed by atoms with Crippen molar-refractivity contribution in [3.63, 3.8) is 0 Å². The quantitative estimate of drug-likeness (QED) is 0.755. The van der Waals surface area contributed by atoms with Crippen LogP contribution in [0, 0.1) is 5.92 Å². The first kappa shape index (κ1) is 19.2. The summed E-state index contributed by atoms with van der Waals surface area (Å²) in [4.78, 5) is 15.4. The first-order valence-corrected chi connectivity index (χ1v) is 11.9. The topological polar surface area (TPSA) is 57.7 Å². The number of amides is 1. The highest BCUT2D eigenvalue weighted by Gasteiger charge is 2.37. The molecule has 2 heterocycles. The van der Waals surface area contributed by atoms with Crippen LogP contribution in [0.3, 0.4) is 0 Å². The average molecular weight is 411 g/mol. The molecule has 7 heteroatoms. The molecular formula is C20H27ClN2O3S. The SMILES string of the molecule is O=C(c1cc(S(=O)(=O)N2CCCC2)ccc1Cl)N1CCCC1C1CCCC1. The minimum absolute atomic E-state index is 0.118. The number of nitrogens with zero attached hydrogens (tertiary/aromatic N) is 2. The zero-order valence-corrected chi connectivity index (χ0v) is 17.1. The fourth-order valence-electron chi connectivity index (χ4n) is 4.94. The molecule has 0 radical (unpaired) electrons. The summed E-state index contributed by atoms with van der Waals surface area (Å²) in [5, 5.41) is 0.331. The summed E-state index contributed by atoms with van der Waals surface area (Å²) in [5.74, 6) is 0.458. The van der Waals surface area contributed by atoms with Crippen molar-refractivity contribution in [2.24, 2.45) is 5.92 Å². The van der Waals surface area contributed by atoms with Crippen LogP contribution in [-0.4, -0.2) is 49.2 Å². The second-order valence-corrected chi connectivity index (χ2v) is 10.4. The van der Waals surface area contributed by atoms with Crippen LogP contribution in [-0.2, 0) is 10.0 Å². The predicted octanol–water partition coefficient (Wildman–Crippen LogP) is 3.92. The van der Waals surface area contributed by atoms with E-state index >= 15 is 0 Å². The highest BCUT2D eigenvalue weighted by Crippen LogP contribution is 2.37. The van der Waals surface area contributed by atoms with Gasteiger partial charge in [-0.3, -0.25) is 4.79 Å². The molecule has 148 valence electrons. The molecule has 1 aromatic carbocycles. The molecule has 1 aromatic rings. The maximum atomic E-state index is 13.3. The summed E-state index contributed by atoms with van der Waals surface area (Å²) in [6.45, 7) is 1.83. The fraction of sp³-hybridized carbons (Fsp3) is 0.650. The molecule has 0 aromatic heterocycles. The molecular weight excluding hydrogens is 384 g/mol. The van der Waals surface area contributed by atoms with Gasteiger partial charge in [0.05, 0.1) is 15.5 Å². The summed E-state index contributed by atoms with van der Waals surface area (Å²) in [5.41, 5.74) is 0.321. The van der Waals surface area contributed by atoms with E-state index in [9.17, 15) is 13.2 Å². The van der Waals surface area contributed by atoms with E-state index < -0.39 is 10.0 Å². The van der Waals surface area contributed by atoms with E-state index in [0.29, 0.717) is 29.6 Å². The smallest absolute Gasteiger partial charge is 0.255 e. The van der Waals surface area contributed by atoms with E-state index in [4.69, 9.17) is 11.6 Å². The van der Waals surface area contributed by atoms with E-state index in [1.54, 1.807) is 6.07 Å². The van der Waals surface area contributed by atoms with E-state index in [1.165, 1.54) is 42.1 Å². The Balaban J connectivity index is 1.62.